The number of nitrogens with zero attached hydrogens (tertiary/aromatic N) is 3. The molecule has 334 valence electrons. The first-order chi connectivity index (χ1) is 35.0. The van der Waals surface area contributed by atoms with Crippen LogP contribution in [0, 0.1) is 0 Å². The van der Waals surface area contributed by atoms with Crippen molar-refractivity contribution in [1.82, 2.24) is 4.57 Å². The van der Waals surface area contributed by atoms with Crippen molar-refractivity contribution in [3.63, 3.8) is 0 Å². The van der Waals surface area contributed by atoms with Gasteiger partial charge in [0.15, 0.2) is 0 Å². The Bertz CT molecular complexity index is 4150. The SMILES string of the molecule is CC1(C)c2ccccc2-c2ccc(N(c3ccccc3)c3cccc(C4(c5ccccc5)c5ccccc5-c5cc6c7cccc8c7n(c6cc54)-c4cc5ccccc5cc4N8c4ccccc4)c3)cc21. The average molecular weight is 906 g/mol. The number of hydrogen-bond donors (Lipinski definition) is 0. The van der Waals surface area contributed by atoms with Crippen LogP contribution in [0.2, 0.25) is 0 Å². The smallest absolute Gasteiger partial charge is 0.0783 e. The third kappa shape index (κ3) is 5.49. The summed E-state index contributed by atoms with van der Waals surface area (Å²) in [6.45, 7) is 4.74. The molecule has 0 bridgehead atoms. The van der Waals surface area contributed by atoms with E-state index in [0.717, 1.165) is 28.4 Å². The minimum absolute atomic E-state index is 0.136. The van der Waals surface area contributed by atoms with E-state index < -0.39 is 5.41 Å². The van der Waals surface area contributed by atoms with Crippen molar-refractivity contribution in [2.24, 2.45) is 0 Å². The van der Waals surface area contributed by atoms with Gasteiger partial charge in [0.2, 0.25) is 0 Å². The predicted molar refractivity (Wildman–Crippen MR) is 296 cm³/mol. The van der Waals surface area contributed by atoms with Crippen LogP contribution < -0.4 is 9.80 Å². The molecule has 0 saturated carbocycles. The van der Waals surface area contributed by atoms with E-state index in [-0.39, 0.29) is 5.41 Å². The highest BCUT2D eigenvalue weighted by molar-refractivity contribution is 6.19. The zero-order valence-electron chi connectivity index (χ0n) is 39.5. The molecule has 1 aliphatic heterocycles. The zero-order valence-corrected chi connectivity index (χ0v) is 39.5. The summed E-state index contributed by atoms with van der Waals surface area (Å²) in [5, 5.41) is 4.93. The topological polar surface area (TPSA) is 11.4 Å². The first-order valence-corrected chi connectivity index (χ1v) is 24.8. The molecule has 3 nitrogen and oxygen atoms in total. The Morgan fingerprint density at radius 2 is 0.944 bits per heavy atom. The van der Waals surface area contributed by atoms with Crippen LogP contribution in [0.5, 0.6) is 0 Å². The monoisotopic (exact) mass is 905 g/mol. The molecule has 0 fully saturated rings. The minimum Gasteiger partial charge on any atom is -0.310 e. The third-order valence-corrected chi connectivity index (χ3v) is 16.1. The summed E-state index contributed by atoms with van der Waals surface area (Å²) in [6.07, 6.45) is 0. The number of hydrogen-bond acceptors (Lipinski definition) is 2. The summed E-state index contributed by atoms with van der Waals surface area (Å²) in [5.41, 5.74) is 22.6. The minimum atomic E-state index is -0.655. The number of benzene rings is 11. The van der Waals surface area contributed by atoms with Gasteiger partial charge in [-0.25, -0.2) is 0 Å². The van der Waals surface area contributed by atoms with Crippen molar-refractivity contribution >= 4 is 66.7 Å². The molecule has 1 unspecified atom stereocenters. The lowest BCUT2D eigenvalue weighted by atomic mass is 9.67. The Labute approximate surface area is 413 Å². The maximum Gasteiger partial charge on any atom is 0.0783 e. The highest BCUT2D eigenvalue weighted by atomic mass is 15.2. The molecular formula is C68H47N3. The molecule has 2 aliphatic carbocycles. The molecule has 1 atom stereocenters. The van der Waals surface area contributed by atoms with E-state index >= 15 is 0 Å². The van der Waals surface area contributed by atoms with E-state index in [1.807, 2.05) is 0 Å². The largest absolute Gasteiger partial charge is 0.310 e. The lowest BCUT2D eigenvalue weighted by Gasteiger charge is -2.35. The summed E-state index contributed by atoms with van der Waals surface area (Å²) >= 11 is 0. The van der Waals surface area contributed by atoms with Crippen molar-refractivity contribution in [1.29, 1.82) is 0 Å². The highest BCUT2D eigenvalue weighted by Gasteiger charge is 2.47. The van der Waals surface area contributed by atoms with Crippen molar-refractivity contribution in [2.75, 3.05) is 9.80 Å². The van der Waals surface area contributed by atoms with Gasteiger partial charge in [-0.3, -0.25) is 0 Å². The van der Waals surface area contributed by atoms with E-state index in [2.05, 4.69) is 277 Å². The van der Waals surface area contributed by atoms with E-state index in [9.17, 15) is 0 Å². The Kier molecular flexibility index (Phi) is 8.34. The fraction of sp³-hybridized carbons (Fsp3) is 0.0588. The molecule has 0 N–H and O–H groups in total. The van der Waals surface area contributed by atoms with E-state index in [0.29, 0.717) is 0 Å². The number of para-hydroxylation sites is 3. The maximum absolute atomic E-state index is 2.57. The van der Waals surface area contributed by atoms with Crippen molar-refractivity contribution in [2.45, 2.75) is 24.7 Å². The van der Waals surface area contributed by atoms with Gasteiger partial charge in [-0.15, -0.1) is 0 Å². The van der Waals surface area contributed by atoms with Gasteiger partial charge in [0.25, 0.3) is 0 Å². The van der Waals surface area contributed by atoms with Gasteiger partial charge < -0.3 is 14.4 Å². The van der Waals surface area contributed by atoms with Crippen LogP contribution in [-0.4, -0.2) is 4.57 Å². The first-order valence-electron chi connectivity index (χ1n) is 24.8. The molecular weight excluding hydrogens is 859 g/mol. The number of fused-ring (bicyclic) bond motifs is 12. The molecule has 11 aromatic carbocycles. The van der Waals surface area contributed by atoms with E-state index in [4.69, 9.17) is 0 Å². The van der Waals surface area contributed by atoms with Gasteiger partial charge in [0.05, 0.1) is 33.5 Å². The second-order valence-corrected chi connectivity index (χ2v) is 20.1. The molecule has 0 spiro atoms. The summed E-state index contributed by atoms with van der Waals surface area (Å²) in [4.78, 5) is 4.92. The normalized spacial score (nSPS) is 15.6. The molecule has 2 heterocycles. The Hall–Kier alpha value is -8.92. The quantitative estimate of drug-likeness (QED) is 0.165. The lowest BCUT2D eigenvalue weighted by molar-refractivity contribution is 0.660. The van der Waals surface area contributed by atoms with Crippen molar-refractivity contribution < 1.29 is 0 Å². The second-order valence-electron chi connectivity index (χ2n) is 20.1. The van der Waals surface area contributed by atoms with Gasteiger partial charge in [-0.2, -0.15) is 0 Å². The molecule has 1 aromatic heterocycles. The third-order valence-electron chi connectivity index (χ3n) is 16.1. The highest BCUT2D eigenvalue weighted by Crippen LogP contribution is 2.60. The molecule has 3 heteroatoms. The molecule has 0 amide bonds. The van der Waals surface area contributed by atoms with Crippen LogP contribution in [0.1, 0.15) is 47.2 Å². The summed E-state index contributed by atoms with van der Waals surface area (Å²) in [6, 6.07) is 93.1. The summed E-state index contributed by atoms with van der Waals surface area (Å²) in [5.74, 6) is 0. The number of rotatable bonds is 6. The van der Waals surface area contributed by atoms with Gasteiger partial charge in [-0.05, 0) is 145 Å². The van der Waals surface area contributed by atoms with Crippen molar-refractivity contribution in [3.8, 4) is 27.9 Å². The van der Waals surface area contributed by atoms with Crippen LogP contribution in [0.25, 0.3) is 60.5 Å². The second kappa shape index (κ2) is 14.8. The van der Waals surface area contributed by atoms with Gasteiger partial charge in [0.1, 0.15) is 0 Å². The summed E-state index contributed by atoms with van der Waals surface area (Å²) in [7, 11) is 0. The Morgan fingerprint density at radius 1 is 0.352 bits per heavy atom. The van der Waals surface area contributed by atoms with Gasteiger partial charge >= 0.3 is 0 Å². The molecule has 0 radical (unpaired) electrons. The molecule has 0 saturated heterocycles. The molecule has 15 rings (SSSR count). The van der Waals surface area contributed by atoms with E-state index in [1.165, 1.54) is 99.6 Å². The lowest BCUT2D eigenvalue weighted by Crippen LogP contribution is -2.29. The summed E-state index contributed by atoms with van der Waals surface area (Å²) < 4.78 is 2.57. The van der Waals surface area contributed by atoms with E-state index in [1.54, 1.807) is 0 Å². The standard InChI is InChI=1S/C68H47N3/c1-67(2)58-33-16-14-30-52(58)54-37-36-51(41-60(54)67)69(48-25-8-4-9-26-48)50-29-18-24-47(40-50)68(46-22-6-3-7-23-46)59-34-17-15-31-53(59)56-42-57-55-32-19-35-62-66(55)71(63(57)43-61(56)68)65-39-45-21-13-12-20-44(45)38-64(65)70(62)49-27-10-5-11-28-49/h3-43H,1-2H3. The van der Waals surface area contributed by atoms with Crippen molar-refractivity contribution in [3.05, 3.63) is 282 Å². The maximum atomic E-state index is 2.57. The molecule has 3 aliphatic rings. The van der Waals surface area contributed by atoms with Crippen LogP contribution in [0.15, 0.2) is 249 Å². The number of anilines is 6. The first kappa shape index (κ1) is 40.0. The number of aromatic nitrogens is 1. The van der Waals surface area contributed by atoms with Crippen LogP contribution in [0.3, 0.4) is 0 Å². The predicted octanol–water partition coefficient (Wildman–Crippen LogP) is 17.9. The molecule has 71 heavy (non-hydrogen) atoms. The fourth-order valence-corrected chi connectivity index (χ4v) is 13.0. The fourth-order valence-electron chi connectivity index (χ4n) is 13.0. The Balaban J connectivity index is 1.00. The van der Waals surface area contributed by atoms with Crippen LogP contribution in [0.4, 0.5) is 34.1 Å². The Morgan fingerprint density at radius 3 is 1.72 bits per heavy atom. The van der Waals surface area contributed by atoms with Gasteiger partial charge in [-0.1, -0.05) is 184 Å². The van der Waals surface area contributed by atoms with Gasteiger partial charge in [0, 0.05) is 38.9 Å². The molecule has 12 aromatic rings. The van der Waals surface area contributed by atoms with Crippen LogP contribution >= 0.6 is 0 Å². The zero-order chi connectivity index (χ0) is 47.0. The van der Waals surface area contributed by atoms with Crippen LogP contribution in [-0.2, 0) is 10.8 Å². The average Bonchev–Trinajstić information content (AvgIpc) is 4.00.